The molecule has 32 heavy (non-hydrogen) atoms. The van der Waals surface area contributed by atoms with Gasteiger partial charge in [0.1, 0.15) is 11.3 Å². The van der Waals surface area contributed by atoms with Crippen molar-refractivity contribution >= 4 is 46.1 Å². The molecule has 1 fully saturated rings. The van der Waals surface area contributed by atoms with E-state index in [9.17, 15) is 15.0 Å². The second kappa shape index (κ2) is 7.85. The van der Waals surface area contributed by atoms with Gasteiger partial charge < -0.3 is 24.6 Å². The maximum atomic E-state index is 11.1. The second-order valence-corrected chi connectivity index (χ2v) is 8.13. The molecule has 5 rings (SSSR count). The average Bonchev–Trinajstić information content (AvgIpc) is 3.31. The molecule has 9 nitrogen and oxygen atoms in total. The number of hydrogen-bond acceptors (Lipinski definition) is 7. The monoisotopic (exact) mass is 454 g/mol. The van der Waals surface area contributed by atoms with Crippen LogP contribution in [0.5, 0.6) is 11.5 Å². The van der Waals surface area contributed by atoms with E-state index in [1.807, 2.05) is 4.90 Å². The normalized spacial score (nSPS) is 17.4. The number of benzene rings is 2. The van der Waals surface area contributed by atoms with E-state index in [2.05, 4.69) is 10.2 Å². The second-order valence-electron chi connectivity index (χ2n) is 7.69. The van der Waals surface area contributed by atoms with Crippen molar-refractivity contribution in [3.63, 3.8) is 0 Å². The molecule has 2 aromatic carbocycles. The number of phenols is 1. The molecule has 0 bridgehead atoms. The number of phenolic OH excluding ortho intramolecular Hbond substituents is 1. The number of amides is 1. The largest absolute Gasteiger partial charge is 0.507 e. The highest BCUT2D eigenvalue weighted by atomic mass is 35.5. The lowest BCUT2D eigenvalue weighted by Crippen LogP contribution is -2.47. The Bertz CT molecular complexity index is 1290. The van der Waals surface area contributed by atoms with Gasteiger partial charge in [0.25, 0.3) is 0 Å². The van der Waals surface area contributed by atoms with Gasteiger partial charge >= 0.3 is 6.09 Å². The molecule has 164 valence electrons. The smallest absolute Gasteiger partial charge is 0.407 e. The number of fused-ring (bicyclic) bond motifs is 2. The van der Waals surface area contributed by atoms with Crippen LogP contribution in [0, 0.1) is 0 Å². The number of nitrogens with zero attached hydrogens (tertiary/aromatic N) is 4. The predicted octanol–water partition coefficient (Wildman–Crippen LogP) is 4.89. The SMILES string of the molecule is O=C(O)N1CCN(Cc2c(O)ccc3c(O)c(C=C4N=Nc5ccc(Cl)cc54)oc23)CC1. The summed E-state index contributed by atoms with van der Waals surface area (Å²) in [5, 5.41) is 39.7. The number of hydrogen-bond donors (Lipinski definition) is 3. The molecule has 0 unspecified atom stereocenters. The van der Waals surface area contributed by atoms with E-state index in [0.717, 1.165) is 5.56 Å². The van der Waals surface area contributed by atoms with Crippen molar-refractivity contribution in [2.75, 3.05) is 26.2 Å². The van der Waals surface area contributed by atoms with E-state index < -0.39 is 6.09 Å². The summed E-state index contributed by atoms with van der Waals surface area (Å²) in [6.07, 6.45) is 0.656. The number of azo groups is 1. The van der Waals surface area contributed by atoms with Gasteiger partial charge in [-0.15, -0.1) is 10.2 Å². The highest BCUT2D eigenvalue weighted by Gasteiger charge is 2.25. The van der Waals surface area contributed by atoms with Crippen molar-refractivity contribution in [1.82, 2.24) is 9.80 Å². The fourth-order valence-corrected chi connectivity index (χ4v) is 4.15. The Morgan fingerprint density at radius 3 is 2.66 bits per heavy atom. The third-order valence-electron chi connectivity index (χ3n) is 5.73. The Balaban J connectivity index is 1.48. The number of carbonyl (C=O) groups is 1. The molecule has 0 spiro atoms. The Morgan fingerprint density at radius 1 is 1.12 bits per heavy atom. The molecule has 1 aromatic heterocycles. The minimum atomic E-state index is -0.935. The van der Waals surface area contributed by atoms with Gasteiger partial charge in [-0.1, -0.05) is 11.6 Å². The van der Waals surface area contributed by atoms with Crippen LogP contribution in [-0.4, -0.2) is 57.4 Å². The lowest BCUT2D eigenvalue weighted by Gasteiger charge is -2.33. The van der Waals surface area contributed by atoms with E-state index in [0.29, 0.717) is 65.7 Å². The molecule has 0 saturated carbocycles. The third-order valence-corrected chi connectivity index (χ3v) is 5.96. The number of carboxylic acid groups (broad SMARTS) is 1. The maximum Gasteiger partial charge on any atom is 0.407 e. The summed E-state index contributed by atoms with van der Waals surface area (Å²) in [5.74, 6) is 0.184. The highest BCUT2D eigenvalue weighted by molar-refractivity contribution is 6.31. The van der Waals surface area contributed by atoms with Gasteiger partial charge in [-0.3, -0.25) is 4.90 Å². The first-order valence-electron chi connectivity index (χ1n) is 10.0. The Hall–Kier alpha value is -3.56. The molecule has 1 saturated heterocycles. The zero-order valence-corrected chi connectivity index (χ0v) is 17.6. The molecule has 2 aliphatic rings. The fourth-order valence-electron chi connectivity index (χ4n) is 3.98. The molecule has 3 heterocycles. The van der Waals surface area contributed by atoms with Crippen molar-refractivity contribution in [3.05, 3.63) is 52.2 Å². The predicted molar refractivity (Wildman–Crippen MR) is 118 cm³/mol. The van der Waals surface area contributed by atoms with Gasteiger partial charge in [0.2, 0.25) is 0 Å². The van der Waals surface area contributed by atoms with Gasteiger partial charge in [0, 0.05) is 49.4 Å². The van der Waals surface area contributed by atoms with Crippen LogP contribution in [-0.2, 0) is 6.54 Å². The van der Waals surface area contributed by atoms with Gasteiger partial charge in [-0.25, -0.2) is 4.79 Å². The molecular formula is C22H19ClN4O5. The van der Waals surface area contributed by atoms with Crippen molar-refractivity contribution in [1.29, 1.82) is 0 Å². The van der Waals surface area contributed by atoms with Crippen LogP contribution in [0.1, 0.15) is 16.9 Å². The summed E-state index contributed by atoms with van der Waals surface area (Å²) >= 11 is 6.09. The molecule has 3 aromatic rings. The Kier molecular flexibility index (Phi) is 4.99. The summed E-state index contributed by atoms with van der Waals surface area (Å²) in [4.78, 5) is 14.5. The van der Waals surface area contributed by atoms with Crippen molar-refractivity contribution < 1.29 is 24.5 Å². The van der Waals surface area contributed by atoms with E-state index in [1.54, 1.807) is 30.3 Å². The number of furan rings is 1. The van der Waals surface area contributed by atoms with E-state index in [-0.39, 0.29) is 17.3 Å². The summed E-state index contributed by atoms with van der Waals surface area (Å²) in [5.41, 5.74) is 2.82. The Morgan fingerprint density at radius 2 is 1.91 bits per heavy atom. The molecule has 2 aliphatic heterocycles. The average molecular weight is 455 g/mol. The van der Waals surface area contributed by atoms with Crippen LogP contribution in [0.25, 0.3) is 22.7 Å². The minimum absolute atomic E-state index is 0.0452. The first-order chi connectivity index (χ1) is 15.4. The zero-order chi connectivity index (χ0) is 22.4. The molecule has 1 amide bonds. The maximum absolute atomic E-state index is 11.1. The third kappa shape index (κ3) is 3.55. The van der Waals surface area contributed by atoms with Crippen LogP contribution in [0.2, 0.25) is 5.02 Å². The van der Waals surface area contributed by atoms with Crippen LogP contribution in [0.3, 0.4) is 0 Å². The number of aromatic hydroxyl groups is 2. The number of rotatable bonds is 3. The van der Waals surface area contributed by atoms with E-state index >= 15 is 0 Å². The van der Waals surface area contributed by atoms with Crippen LogP contribution in [0.15, 0.2) is 45.0 Å². The van der Waals surface area contributed by atoms with Gasteiger partial charge in [-0.05, 0) is 30.3 Å². The summed E-state index contributed by atoms with van der Waals surface area (Å²) in [6, 6.07) is 8.35. The lowest BCUT2D eigenvalue weighted by atomic mass is 10.1. The van der Waals surface area contributed by atoms with E-state index in [1.165, 1.54) is 11.0 Å². The molecule has 3 N–H and O–H groups in total. The molecule has 0 radical (unpaired) electrons. The van der Waals surface area contributed by atoms with Gasteiger partial charge in [-0.2, -0.15) is 0 Å². The molecule has 0 aliphatic carbocycles. The van der Waals surface area contributed by atoms with Gasteiger partial charge in [0.05, 0.1) is 22.3 Å². The summed E-state index contributed by atoms with van der Waals surface area (Å²) in [7, 11) is 0. The van der Waals surface area contributed by atoms with E-state index in [4.69, 9.17) is 21.1 Å². The fraction of sp³-hybridized carbons (Fsp3) is 0.227. The quantitative estimate of drug-likeness (QED) is 0.518. The first kappa shape index (κ1) is 20.3. The van der Waals surface area contributed by atoms with Crippen LogP contribution in [0.4, 0.5) is 10.5 Å². The summed E-state index contributed by atoms with van der Waals surface area (Å²) < 4.78 is 5.97. The van der Waals surface area contributed by atoms with Crippen molar-refractivity contribution in [2.45, 2.75) is 6.54 Å². The van der Waals surface area contributed by atoms with Crippen molar-refractivity contribution in [2.24, 2.45) is 10.2 Å². The standard InChI is InChI=1S/C22H19ClN4O5/c23-12-1-3-16-14(9-12)17(25-24-16)10-19-20(29)13-2-4-18(28)15(21(13)32-19)11-26-5-7-27(8-6-26)22(30)31/h1-4,9-10,28-29H,5-8,11H2,(H,30,31). The number of piperazine rings is 1. The highest BCUT2D eigenvalue weighted by Crippen LogP contribution is 2.42. The van der Waals surface area contributed by atoms with Gasteiger partial charge in [0.15, 0.2) is 11.5 Å². The number of halogens is 1. The topological polar surface area (TPSA) is 122 Å². The summed E-state index contributed by atoms with van der Waals surface area (Å²) in [6.45, 7) is 2.20. The van der Waals surface area contributed by atoms with Crippen LogP contribution >= 0.6 is 11.6 Å². The first-order valence-corrected chi connectivity index (χ1v) is 10.4. The lowest BCUT2D eigenvalue weighted by molar-refractivity contribution is 0.102. The zero-order valence-electron chi connectivity index (χ0n) is 16.8. The van der Waals surface area contributed by atoms with Crippen LogP contribution < -0.4 is 0 Å². The Labute approximate surface area is 187 Å². The molecule has 10 heteroatoms. The molecule has 0 atom stereocenters. The van der Waals surface area contributed by atoms with Crippen molar-refractivity contribution in [3.8, 4) is 11.5 Å². The molecular weight excluding hydrogens is 436 g/mol. The minimum Gasteiger partial charge on any atom is -0.507 e.